The van der Waals surface area contributed by atoms with Crippen LogP contribution in [0.4, 0.5) is 0 Å². The first-order chi connectivity index (χ1) is 21.5. The topological polar surface area (TPSA) is 76.7 Å². The largest absolute Gasteiger partial charge is 0.459 e. The van der Waals surface area contributed by atoms with E-state index in [1.807, 2.05) is 60.7 Å². The molecule has 4 aromatic rings. The highest BCUT2D eigenvalue weighted by molar-refractivity contribution is 6.12. The lowest BCUT2D eigenvalue weighted by Gasteiger charge is -2.46. The van der Waals surface area contributed by atoms with E-state index in [9.17, 15) is 9.59 Å². The predicted octanol–water partition coefficient (Wildman–Crippen LogP) is 8.59. The van der Waals surface area contributed by atoms with E-state index in [-0.39, 0.29) is 46.3 Å². The molecule has 0 aromatic heterocycles. The second-order valence-electron chi connectivity index (χ2n) is 16.1. The van der Waals surface area contributed by atoms with Gasteiger partial charge in [0.25, 0.3) is 0 Å². The van der Waals surface area contributed by atoms with Crippen molar-refractivity contribution >= 4 is 33.5 Å². The van der Waals surface area contributed by atoms with Gasteiger partial charge in [-0.05, 0) is 106 Å². The Balaban J connectivity index is 1.39. The molecule has 6 nitrogen and oxygen atoms in total. The molecule has 2 N–H and O–H groups in total. The number of esters is 2. The van der Waals surface area contributed by atoms with Gasteiger partial charge in [-0.3, -0.25) is 0 Å². The van der Waals surface area contributed by atoms with Gasteiger partial charge in [0.05, 0.1) is 11.1 Å². The zero-order chi connectivity index (χ0) is 33.1. The third kappa shape index (κ3) is 6.84. The van der Waals surface area contributed by atoms with Crippen LogP contribution in [-0.4, -0.2) is 46.3 Å². The second kappa shape index (κ2) is 11.5. The van der Waals surface area contributed by atoms with Crippen molar-refractivity contribution in [2.45, 2.75) is 115 Å². The van der Waals surface area contributed by atoms with Crippen molar-refractivity contribution in [3.63, 3.8) is 0 Å². The molecule has 0 bridgehead atoms. The Bertz CT molecular complexity index is 1790. The zero-order valence-electron chi connectivity index (χ0n) is 28.5. The van der Waals surface area contributed by atoms with Gasteiger partial charge in [-0.15, -0.1) is 0 Å². The highest BCUT2D eigenvalue weighted by Gasteiger charge is 2.41. The van der Waals surface area contributed by atoms with E-state index < -0.39 is 0 Å². The first kappa shape index (κ1) is 32.2. The summed E-state index contributed by atoms with van der Waals surface area (Å²) in [6, 6.07) is 23.8. The maximum Gasteiger partial charge on any atom is 0.339 e. The van der Waals surface area contributed by atoms with Crippen molar-refractivity contribution in [1.29, 1.82) is 0 Å². The molecular weight excluding hydrogens is 572 g/mol. The van der Waals surface area contributed by atoms with Crippen LogP contribution in [0.25, 0.3) is 32.7 Å². The van der Waals surface area contributed by atoms with E-state index >= 15 is 0 Å². The molecule has 2 heterocycles. The van der Waals surface area contributed by atoms with E-state index in [1.54, 1.807) is 0 Å². The Labute approximate surface area is 273 Å². The molecule has 0 saturated carbocycles. The molecule has 2 aliphatic heterocycles. The molecule has 46 heavy (non-hydrogen) atoms. The quantitative estimate of drug-likeness (QED) is 0.218. The number of benzene rings is 4. The number of nitrogens with one attached hydrogen (secondary N) is 2. The molecule has 2 fully saturated rings. The van der Waals surface area contributed by atoms with Gasteiger partial charge in [-0.1, -0.05) is 54.6 Å². The lowest BCUT2D eigenvalue weighted by atomic mass is 9.81. The van der Waals surface area contributed by atoms with Crippen molar-refractivity contribution in [2.24, 2.45) is 0 Å². The Morgan fingerprint density at radius 1 is 0.543 bits per heavy atom. The summed E-state index contributed by atoms with van der Waals surface area (Å²) in [4.78, 5) is 27.8. The lowest BCUT2D eigenvalue weighted by Crippen LogP contribution is -2.59. The third-order valence-electron chi connectivity index (χ3n) is 9.39. The summed E-state index contributed by atoms with van der Waals surface area (Å²) in [5.74, 6) is -0.654. The van der Waals surface area contributed by atoms with Gasteiger partial charge in [0, 0.05) is 47.8 Å². The average Bonchev–Trinajstić information content (AvgIpc) is 2.92. The smallest absolute Gasteiger partial charge is 0.339 e. The standard InChI is InChI=1S/C40H48N2O4/c1-37(2)21-27(22-38(3,4)41-37)45-35(43)32-18-12-15-29-30(32)16-11-17-31(29)33-19-25-13-9-10-14-26(25)20-34(33)36(44)46-28-23-39(5,6)42-40(7,8)24-28/h9-20,27-28,41-42H,21-24H2,1-8H3. The van der Waals surface area contributed by atoms with Gasteiger partial charge >= 0.3 is 11.9 Å². The van der Waals surface area contributed by atoms with Crippen LogP contribution >= 0.6 is 0 Å². The molecule has 4 aromatic carbocycles. The summed E-state index contributed by atoms with van der Waals surface area (Å²) < 4.78 is 12.5. The van der Waals surface area contributed by atoms with Gasteiger partial charge in [0.1, 0.15) is 12.2 Å². The fraction of sp³-hybridized carbons (Fsp3) is 0.450. The van der Waals surface area contributed by atoms with Crippen LogP contribution in [0.2, 0.25) is 0 Å². The van der Waals surface area contributed by atoms with Crippen molar-refractivity contribution in [2.75, 3.05) is 0 Å². The maximum absolute atomic E-state index is 14.1. The molecule has 0 atom stereocenters. The number of rotatable bonds is 5. The van der Waals surface area contributed by atoms with Gasteiger partial charge < -0.3 is 20.1 Å². The minimum Gasteiger partial charge on any atom is -0.459 e. The number of ether oxygens (including phenoxy) is 2. The van der Waals surface area contributed by atoms with Crippen LogP contribution in [0.15, 0.2) is 72.8 Å². The summed E-state index contributed by atoms with van der Waals surface area (Å²) in [6.45, 7) is 17.2. The summed E-state index contributed by atoms with van der Waals surface area (Å²) in [7, 11) is 0. The zero-order valence-corrected chi connectivity index (χ0v) is 28.5. The molecule has 0 amide bonds. The molecule has 0 radical (unpaired) electrons. The Morgan fingerprint density at radius 2 is 1.00 bits per heavy atom. The van der Waals surface area contributed by atoms with Crippen LogP contribution in [0.5, 0.6) is 0 Å². The van der Waals surface area contributed by atoms with Crippen LogP contribution in [0.3, 0.4) is 0 Å². The Hall–Kier alpha value is -3.74. The highest BCUT2D eigenvalue weighted by atomic mass is 16.5. The van der Waals surface area contributed by atoms with Crippen molar-refractivity contribution in [1.82, 2.24) is 10.6 Å². The minimum atomic E-state index is -0.331. The maximum atomic E-state index is 14.1. The molecule has 0 spiro atoms. The van der Waals surface area contributed by atoms with E-state index in [4.69, 9.17) is 9.47 Å². The number of fused-ring (bicyclic) bond motifs is 2. The van der Waals surface area contributed by atoms with E-state index in [2.05, 4.69) is 78.2 Å². The SMILES string of the molecule is CC1(C)CC(OC(=O)c2cc3ccccc3cc2-c2cccc3c(C(=O)OC4CC(C)(C)NC(C)(C)C4)cccc23)CC(C)(C)N1. The van der Waals surface area contributed by atoms with Crippen LogP contribution in [0.1, 0.15) is 102 Å². The van der Waals surface area contributed by atoms with Crippen LogP contribution < -0.4 is 10.6 Å². The predicted molar refractivity (Wildman–Crippen MR) is 186 cm³/mol. The molecule has 2 aliphatic rings. The average molecular weight is 621 g/mol. The van der Waals surface area contributed by atoms with E-state index in [1.165, 1.54) is 0 Å². The van der Waals surface area contributed by atoms with Gasteiger partial charge in [0.15, 0.2) is 0 Å². The van der Waals surface area contributed by atoms with Crippen LogP contribution in [0, 0.1) is 0 Å². The number of hydrogen-bond acceptors (Lipinski definition) is 6. The number of carbonyl (C=O) groups excluding carboxylic acids is 2. The fourth-order valence-corrected chi connectivity index (χ4v) is 8.41. The second-order valence-corrected chi connectivity index (χ2v) is 16.1. The molecular formula is C40H48N2O4. The van der Waals surface area contributed by atoms with E-state index in [0.717, 1.165) is 58.4 Å². The van der Waals surface area contributed by atoms with Crippen molar-refractivity contribution in [3.8, 4) is 11.1 Å². The molecule has 0 unspecified atom stereocenters. The Kier molecular flexibility index (Phi) is 8.05. The molecule has 6 rings (SSSR count). The Morgan fingerprint density at radius 3 is 1.54 bits per heavy atom. The number of hydrogen-bond donors (Lipinski definition) is 2. The van der Waals surface area contributed by atoms with Gasteiger partial charge in [-0.2, -0.15) is 0 Å². The van der Waals surface area contributed by atoms with Crippen molar-refractivity contribution in [3.05, 3.63) is 83.9 Å². The monoisotopic (exact) mass is 620 g/mol. The number of carbonyl (C=O) groups is 2. The fourth-order valence-electron chi connectivity index (χ4n) is 8.41. The third-order valence-corrected chi connectivity index (χ3v) is 9.39. The number of piperidine rings is 2. The van der Waals surface area contributed by atoms with Gasteiger partial charge in [0.2, 0.25) is 0 Å². The molecule has 6 heteroatoms. The van der Waals surface area contributed by atoms with Gasteiger partial charge in [-0.25, -0.2) is 9.59 Å². The normalized spacial score (nSPS) is 20.8. The first-order valence-corrected chi connectivity index (χ1v) is 16.6. The summed E-state index contributed by atoms with van der Waals surface area (Å²) in [6.07, 6.45) is 2.55. The highest BCUT2D eigenvalue weighted by Crippen LogP contribution is 2.38. The molecule has 0 aliphatic carbocycles. The van der Waals surface area contributed by atoms with Crippen LogP contribution in [-0.2, 0) is 9.47 Å². The lowest BCUT2D eigenvalue weighted by molar-refractivity contribution is -0.00754. The molecule has 242 valence electrons. The molecule has 2 saturated heterocycles. The summed E-state index contributed by atoms with van der Waals surface area (Å²) in [5.41, 5.74) is 2.12. The minimum absolute atomic E-state index is 0.140. The van der Waals surface area contributed by atoms with Crippen molar-refractivity contribution < 1.29 is 19.1 Å². The van der Waals surface area contributed by atoms with E-state index in [0.29, 0.717) is 11.1 Å². The first-order valence-electron chi connectivity index (χ1n) is 16.6. The summed E-state index contributed by atoms with van der Waals surface area (Å²) in [5, 5.41) is 11.0. The summed E-state index contributed by atoms with van der Waals surface area (Å²) >= 11 is 0.